The fourth-order valence-corrected chi connectivity index (χ4v) is 2.00. The van der Waals surface area contributed by atoms with Gasteiger partial charge in [0.1, 0.15) is 5.75 Å². The van der Waals surface area contributed by atoms with E-state index in [-0.39, 0.29) is 0 Å². The van der Waals surface area contributed by atoms with Crippen molar-refractivity contribution < 1.29 is 14.6 Å². The number of aliphatic hydroxyl groups is 1. The van der Waals surface area contributed by atoms with Crippen molar-refractivity contribution in [3.8, 4) is 5.75 Å². The molecule has 1 N–H and O–H groups in total. The third-order valence-corrected chi connectivity index (χ3v) is 4.37. The lowest BCUT2D eigenvalue weighted by atomic mass is 9.82. The molecule has 0 radical (unpaired) electrons. The molecule has 0 aromatic heterocycles. The molecule has 4 heteroatoms. The van der Waals surface area contributed by atoms with E-state index in [1.165, 1.54) is 0 Å². The number of methoxy groups -OCH3 is 2. The highest BCUT2D eigenvalue weighted by molar-refractivity contribution is 9.10. The zero-order valence-corrected chi connectivity index (χ0v) is 13.2. The van der Waals surface area contributed by atoms with Gasteiger partial charge in [-0.05, 0) is 44.5 Å². The Kier molecular flexibility index (Phi) is 4.81. The van der Waals surface area contributed by atoms with Crippen LogP contribution in [0.15, 0.2) is 22.7 Å². The van der Waals surface area contributed by atoms with Gasteiger partial charge in [-0.1, -0.05) is 15.9 Å². The number of hydrogen-bond donors (Lipinski definition) is 1. The molecule has 0 fully saturated rings. The van der Waals surface area contributed by atoms with Gasteiger partial charge in [-0.25, -0.2) is 0 Å². The zero-order valence-electron chi connectivity index (χ0n) is 11.6. The van der Waals surface area contributed by atoms with Crippen LogP contribution in [0.1, 0.15) is 26.3 Å². The average molecular weight is 317 g/mol. The molecule has 1 atom stereocenters. The van der Waals surface area contributed by atoms with Crippen LogP contribution in [0.25, 0.3) is 0 Å². The Morgan fingerprint density at radius 3 is 2.33 bits per heavy atom. The molecule has 102 valence electrons. The van der Waals surface area contributed by atoms with Gasteiger partial charge in [-0.15, -0.1) is 0 Å². The van der Waals surface area contributed by atoms with Crippen molar-refractivity contribution in [2.45, 2.75) is 38.4 Å². The van der Waals surface area contributed by atoms with E-state index < -0.39 is 11.2 Å². The van der Waals surface area contributed by atoms with Crippen molar-refractivity contribution >= 4 is 15.9 Å². The molecule has 18 heavy (non-hydrogen) atoms. The fourth-order valence-electron chi connectivity index (χ4n) is 1.62. The van der Waals surface area contributed by atoms with Gasteiger partial charge in [0, 0.05) is 18.0 Å². The highest BCUT2D eigenvalue weighted by Gasteiger charge is 2.40. The number of halogens is 1. The van der Waals surface area contributed by atoms with Crippen LogP contribution in [0.3, 0.4) is 0 Å². The molecule has 3 nitrogen and oxygen atoms in total. The summed E-state index contributed by atoms with van der Waals surface area (Å²) in [6, 6.07) is 5.72. The van der Waals surface area contributed by atoms with Crippen LogP contribution in [0.2, 0.25) is 0 Å². The van der Waals surface area contributed by atoms with Gasteiger partial charge < -0.3 is 14.6 Å². The lowest BCUT2D eigenvalue weighted by Crippen LogP contribution is -2.50. The molecule has 0 aliphatic rings. The molecule has 0 aliphatic heterocycles. The monoisotopic (exact) mass is 316 g/mol. The third-order valence-electron chi connectivity index (χ3n) is 3.59. The zero-order chi connectivity index (χ0) is 14.0. The quantitative estimate of drug-likeness (QED) is 0.906. The number of rotatable bonds is 5. The SMILES string of the molecule is COc1ccc(Br)c(CC(C)(O)C(C)(C)OC)c1. The minimum atomic E-state index is -0.976. The van der Waals surface area contributed by atoms with Gasteiger partial charge in [0.2, 0.25) is 0 Å². The van der Waals surface area contributed by atoms with E-state index in [2.05, 4.69) is 15.9 Å². The fraction of sp³-hybridized carbons (Fsp3) is 0.571. The first-order valence-corrected chi connectivity index (χ1v) is 6.63. The van der Waals surface area contributed by atoms with E-state index >= 15 is 0 Å². The summed E-state index contributed by atoms with van der Waals surface area (Å²) in [6.45, 7) is 5.53. The maximum absolute atomic E-state index is 10.6. The summed E-state index contributed by atoms with van der Waals surface area (Å²) in [5.74, 6) is 0.777. The Morgan fingerprint density at radius 1 is 1.22 bits per heavy atom. The Labute approximate surface area is 117 Å². The smallest absolute Gasteiger partial charge is 0.119 e. The second-order valence-corrected chi connectivity index (χ2v) is 5.98. The summed E-state index contributed by atoms with van der Waals surface area (Å²) >= 11 is 3.49. The second-order valence-electron chi connectivity index (χ2n) is 5.12. The number of ether oxygens (including phenoxy) is 2. The van der Waals surface area contributed by atoms with Gasteiger partial charge in [0.15, 0.2) is 0 Å². The predicted octanol–water partition coefficient (Wildman–Crippen LogP) is 3.18. The van der Waals surface area contributed by atoms with E-state index in [1.54, 1.807) is 21.1 Å². The van der Waals surface area contributed by atoms with Gasteiger partial charge in [-0.2, -0.15) is 0 Å². The molecular formula is C14H21BrO3. The average Bonchev–Trinajstić information content (AvgIpc) is 2.31. The Balaban J connectivity index is 3.03. The Hall–Kier alpha value is -0.580. The number of benzene rings is 1. The molecule has 0 spiro atoms. The van der Waals surface area contributed by atoms with Crippen LogP contribution in [-0.2, 0) is 11.2 Å². The molecular weight excluding hydrogens is 296 g/mol. The molecule has 0 amide bonds. The van der Waals surface area contributed by atoms with Crippen LogP contribution < -0.4 is 4.74 Å². The van der Waals surface area contributed by atoms with E-state index in [0.29, 0.717) is 6.42 Å². The summed E-state index contributed by atoms with van der Waals surface area (Å²) in [7, 11) is 3.24. The molecule has 1 aromatic carbocycles. The molecule has 0 bridgehead atoms. The number of hydrogen-bond acceptors (Lipinski definition) is 3. The van der Waals surface area contributed by atoms with Crippen LogP contribution in [0, 0.1) is 0 Å². The van der Waals surface area contributed by atoms with Crippen molar-refractivity contribution in [1.29, 1.82) is 0 Å². The lowest BCUT2D eigenvalue weighted by Gasteiger charge is -2.39. The minimum absolute atomic E-state index is 0.478. The minimum Gasteiger partial charge on any atom is -0.497 e. The third kappa shape index (κ3) is 3.25. The van der Waals surface area contributed by atoms with Gasteiger partial charge in [0.25, 0.3) is 0 Å². The summed E-state index contributed by atoms with van der Waals surface area (Å²) in [4.78, 5) is 0. The molecule has 0 saturated carbocycles. The van der Waals surface area contributed by atoms with Crippen molar-refractivity contribution in [2.24, 2.45) is 0 Å². The van der Waals surface area contributed by atoms with Crippen molar-refractivity contribution in [3.05, 3.63) is 28.2 Å². The molecule has 0 saturated heterocycles. The largest absolute Gasteiger partial charge is 0.497 e. The predicted molar refractivity (Wildman–Crippen MR) is 76.1 cm³/mol. The van der Waals surface area contributed by atoms with Gasteiger partial charge in [0.05, 0.1) is 18.3 Å². The summed E-state index contributed by atoms with van der Waals surface area (Å²) in [5, 5.41) is 10.6. The Bertz CT molecular complexity index is 414. The topological polar surface area (TPSA) is 38.7 Å². The summed E-state index contributed by atoms with van der Waals surface area (Å²) in [6.07, 6.45) is 0.478. The highest BCUT2D eigenvalue weighted by Crippen LogP contribution is 2.32. The maximum atomic E-state index is 10.6. The molecule has 0 aliphatic carbocycles. The second kappa shape index (κ2) is 5.59. The highest BCUT2D eigenvalue weighted by atomic mass is 79.9. The maximum Gasteiger partial charge on any atom is 0.119 e. The van der Waals surface area contributed by atoms with Crippen molar-refractivity contribution in [3.63, 3.8) is 0 Å². The van der Waals surface area contributed by atoms with Crippen LogP contribution in [0.4, 0.5) is 0 Å². The Morgan fingerprint density at radius 2 is 1.83 bits per heavy atom. The first-order chi connectivity index (χ1) is 8.23. The van der Waals surface area contributed by atoms with Crippen molar-refractivity contribution in [1.82, 2.24) is 0 Å². The summed E-state index contributed by atoms with van der Waals surface area (Å²) in [5.41, 5.74) is -0.615. The normalized spacial score (nSPS) is 15.3. The first-order valence-electron chi connectivity index (χ1n) is 5.83. The first kappa shape index (κ1) is 15.5. The van der Waals surface area contributed by atoms with E-state index in [4.69, 9.17) is 9.47 Å². The van der Waals surface area contributed by atoms with Crippen LogP contribution >= 0.6 is 15.9 Å². The molecule has 0 heterocycles. The standard InChI is InChI=1S/C14H21BrO3/c1-13(2,18-5)14(3,16)9-10-8-11(17-4)6-7-12(10)15/h6-8,16H,9H2,1-5H3. The van der Waals surface area contributed by atoms with Gasteiger partial charge >= 0.3 is 0 Å². The van der Waals surface area contributed by atoms with E-state index in [1.807, 2.05) is 32.0 Å². The van der Waals surface area contributed by atoms with E-state index in [9.17, 15) is 5.11 Å². The molecule has 1 rings (SSSR count). The van der Waals surface area contributed by atoms with Crippen LogP contribution in [-0.4, -0.2) is 30.5 Å². The molecule has 1 unspecified atom stereocenters. The van der Waals surface area contributed by atoms with Gasteiger partial charge in [-0.3, -0.25) is 0 Å². The lowest BCUT2D eigenvalue weighted by molar-refractivity contribution is -0.139. The van der Waals surface area contributed by atoms with Crippen LogP contribution in [0.5, 0.6) is 5.75 Å². The van der Waals surface area contributed by atoms with Crippen molar-refractivity contribution in [2.75, 3.05) is 14.2 Å². The van der Waals surface area contributed by atoms with E-state index in [0.717, 1.165) is 15.8 Å². The summed E-state index contributed by atoms with van der Waals surface area (Å²) < 4.78 is 11.5. The molecule has 1 aromatic rings.